The highest BCUT2D eigenvalue weighted by atomic mass is 127. The number of rotatable bonds is 7. The second-order valence-electron chi connectivity index (χ2n) is 6.47. The Morgan fingerprint density at radius 1 is 1.32 bits per heavy atom. The highest BCUT2D eigenvalue weighted by Crippen LogP contribution is 2.22. The quantitative estimate of drug-likeness (QED) is 0.249. The Kier molecular flexibility index (Phi) is 10.8. The summed E-state index contributed by atoms with van der Waals surface area (Å²) in [6.07, 6.45) is 2.22. The molecule has 1 atom stereocenters. The molecule has 1 aromatic rings. The summed E-state index contributed by atoms with van der Waals surface area (Å²) in [4.78, 5) is 9.33. The van der Waals surface area contributed by atoms with E-state index in [1.165, 1.54) is 5.69 Å². The first kappa shape index (κ1) is 22.5. The lowest BCUT2D eigenvalue weighted by Gasteiger charge is -2.20. The number of anilines is 1. The predicted molar refractivity (Wildman–Crippen MR) is 122 cm³/mol. The first-order valence-electron chi connectivity index (χ1n) is 8.78. The fraction of sp³-hybridized carbons (Fsp3) is 0.611. The van der Waals surface area contributed by atoms with Gasteiger partial charge in [-0.15, -0.1) is 24.0 Å². The van der Waals surface area contributed by atoms with Gasteiger partial charge in [0, 0.05) is 42.4 Å². The fourth-order valence-electron chi connectivity index (χ4n) is 2.86. The number of hydrogen-bond donors (Lipinski definition) is 2. The van der Waals surface area contributed by atoms with Crippen molar-refractivity contribution in [3.05, 3.63) is 28.7 Å². The average molecular weight is 524 g/mol. The maximum absolute atomic E-state index is 4.70. The van der Waals surface area contributed by atoms with Crippen molar-refractivity contribution < 1.29 is 0 Å². The lowest BCUT2D eigenvalue weighted by atomic mass is 10.3. The normalized spacial score (nSPS) is 17.6. The smallest absolute Gasteiger partial charge is 0.191 e. The maximum atomic E-state index is 4.70. The molecule has 0 aliphatic carbocycles. The van der Waals surface area contributed by atoms with Crippen LogP contribution in [0.15, 0.2) is 33.7 Å². The van der Waals surface area contributed by atoms with Crippen molar-refractivity contribution in [2.75, 3.05) is 51.7 Å². The van der Waals surface area contributed by atoms with E-state index < -0.39 is 0 Å². The summed E-state index contributed by atoms with van der Waals surface area (Å²) >= 11 is 3.50. The number of hydrogen-bond acceptors (Lipinski definition) is 3. The first-order chi connectivity index (χ1) is 11.6. The van der Waals surface area contributed by atoms with Gasteiger partial charge < -0.3 is 20.4 Å². The largest absolute Gasteiger partial charge is 0.369 e. The van der Waals surface area contributed by atoms with Crippen molar-refractivity contribution in [3.63, 3.8) is 0 Å². The van der Waals surface area contributed by atoms with Gasteiger partial charge in [-0.2, -0.15) is 0 Å². The van der Waals surface area contributed by atoms with Gasteiger partial charge >= 0.3 is 0 Å². The molecule has 1 fully saturated rings. The predicted octanol–water partition coefficient (Wildman–Crippen LogP) is 3.15. The van der Waals surface area contributed by atoms with Crippen molar-refractivity contribution in [2.24, 2.45) is 4.99 Å². The van der Waals surface area contributed by atoms with Crippen LogP contribution in [-0.2, 0) is 0 Å². The zero-order chi connectivity index (χ0) is 17.4. The molecule has 0 spiro atoms. The number of halogens is 2. The second kappa shape index (κ2) is 12.0. The number of benzene rings is 1. The van der Waals surface area contributed by atoms with Crippen LogP contribution in [0.4, 0.5) is 5.69 Å². The van der Waals surface area contributed by atoms with E-state index in [9.17, 15) is 0 Å². The minimum Gasteiger partial charge on any atom is -0.369 e. The highest BCUT2D eigenvalue weighted by molar-refractivity contribution is 14.0. The molecule has 2 N–H and O–H groups in total. The van der Waals surface area contributed by atoms with E-state index in [-0.39, 0.29) is 24.0 Å². The molecule has 0 amide bonds. The molecule has 1 aliphatic heterocycles. The van der Waals surface area contributed by atoms with Crippen molar-refractivity contribution in [2.45, 2.75) is 25.8 Å². The van der Waals surface area contributed by atoms with Crippen molar-refractivity contribution in [3.8, 4) is 0 Å². The van der Waals surface area contributed by atoms with Gasteiger partial charge in [-0.25, -0.2) is 0 Å². The Labute approximate surface area is 177 Å². The molecule has 25 heavy (non-hydrogen) atoms. The minimum atomic E-state index is 0. The number of nitrogens with zero attached hydrogens (tertiary/aromatic N) is 3. The molecular formula is C18H31BrIN5. The van der Waals surface area contributed by atoms with E-state index in [1.54, 1.807) is 0 Å². The van der Waals surface area contributed by atoms with Gasteiger partial charge in [0.15, 0.2) is 5.96 Å². The standard InChI is InChI=1S/C18H30BrN5.HI/c1-4-20-18(21-11-5-12-23(2)3)22-16-10-13-24(14-16)17-8-6-15(19)7-9-17;/h6-9,16H,4-5,10-14H2,1-3H3,(H2,20,21,22);1H. The zero-order valence-electron chi connectivity index (χ0n) is 15.5. The van der Waals surface area contributed by atoms with Gasteiger partial charge in [-0.1, -0.05) is 15.9 Å². The Morgan fingerprint density at radius 2 is 2.04 bits per heavy atom. The van der Waals surface area contributed by atoms with E-state index in [2.05, 4.69) is 81.6 Å². The van der Waals surface area contributed by atoms with Crippen molar-refractivity contribution in [1.82, 2.24) is 15.5 Å². The van der Waals surface area contributed by atoms with Crippen molar-refractivity contribution >= 4 is 51.6 Å². The third kappa shape index (κ3) is 8.13. The summed E-state index contributed by atoms with van der Waals surface area (Å²) in [5, 5.41) is 6.95. The van der Waals surface area contributed by atoms with Crippen LogP contribution in [0.25, 0.3) is 0 Å². The topological polar surface area (TPSA) is 42.9 Å². The van der Waals surface area contributed by atoms with Crippen LogP contribution in [0.2, 0.25) is 0 Å². The average Bonchev–Trinajstić information content (AvgIpc) is 3.00. The highest BCUT2D eigenvalue weighted by Gasteiger charge is 2.23. The van der Waals surface area contributed by atoms with Crippen LogP contribution in [0, 0.1) is 0 Å². The molecule has 1 heterocycles. The van der Waals surface area contributed by atoms with Gasteiger partial charge in [-0.05, 0) is 64.7 Å². The minimum absolute atomic E-state index is 0. The van der Waals surface area contributed by atoms with Gasteiger partial charge in [0.05, 0.1) is 0 Å². The van der Waals surface area contributed by atoms with Gasteiger partial charge in [0.25, 0.3) is 0 Å². The first-order valence-corrected chi connectivity index (χ1v) is 9.58. The number of aliphatic imine (C=N–C) groups is 1. The maximum Gasteiger partial charge on any atom is 0.191 e. The van der Waals surface area contributed by atoms with Crippen LogP contribution in [0.1, 0.15) is 19.8 Å². The molecule has 2 rings (SSSR count). The Hall–Kier alpha value is -0.540. The molecule has 0 saturated carbocycles. The molecule has 0 aromatic heterocycles. The molecule has 142 valence electrons. The summed E-state index contributed by atoms with van der Waals surface area (Å²) in [6, 6.07) is 9.00. The lowest BCUT2D eigenvalue weighted by Crippen LogP contribution is -2.44. The second-order valence-corrected chi connectivity index (χ2v) is 7.39. The summed E-state index contributed by atoms with van der Waals surface area (Å²) in [5.74, 6) is 0.943. The molecule has 5 nitrogen and oxygen atoms in total. The zero-order valence-corrected chi connectivity index (χ0v) is 19.4. The third-order valence-corrected chi connectivity index (χ3v) is 4.63. The summed E-state index contributed by atoms with van der Waals surface area (Å²) in [6.45, 7) is 7.03. The molecule has 1 saturated heterocycles. The molecule has 7 heteroatoms. The van der Waals surface area contributed by atoms with Crippen LogP contribution >= 0.6 is 39.9 Å². The molecule has 0 bridgehead atoms. The summed E-state index contributed by atoms with van der Waals surface area (Å²) in [7, 11) is 4.20. The van der Waals surface area contributed by atoms with E-state index in [4.69, 9.17) is 4.99 Å². The molecular weight excluding hydrogens is 493 g/mol. The van der Waals surface area contributed by atoms with Gasteiger partial charge in [-0.3, -0.25) is 4.99 Å². The molecule has 0 radical (unpaired) electrons. The fourth-order valence-corrected chi connectivity index (χ4v) is 3.12. The van der Waals surface area contributed by atoms with Crippen LogP contribution in [0.3, 0.4) is 0 Å². The van der Waals surface area contributed by atoms with E-state index >= 15 is 0 Å². The Morgan fingerprint density at radius 3 is 2.68 bits per heavy atom. The Bertz CT molecular complexity index is 521. The lowest BCUT2D eigenvalue weighted by molar-refractivity contribution is 0.403. The molecule has 1 aromatic carbocycles. The van der Waals surface area contributed by atoms with Crippen LogP contribution in [-0.4, -0.2) is 63.7 Å². The van der Waals surface area contributed by atoms with E-state index in [0.29, 0.717) is 6.04 Å². The van der Waals surface area contributed by atoms with Crippen LogP contribution in [0.5, 0.6) is 0 Å². The third-order valence-electron chi connectivity index (χ3n) is 4.10. The molecule has 1 aliphatic rings. The van der Waals surface area contributed by atoms with E-state index in [1.807, 2.05) is 0 Å². The van der Waals surface area contributed by atoms with Gasteiger partial charge in [0.1, 0.15) is 0 Å². The number of nitrogens with one attached hydrogen (secondary N) is 2. The summed E-state index contributed by atoms with van der Waals surface area (Å²) < 4.78 is 1.12. The molecule has 1 unspecified atom stereocenters. The van der Waals surface area contributed by atoms with Crippen LogP contribution < -0.4 is 15.5 Å². The SMILES string of the molecule is CCNC(=NCCCN(C)C)NC1CCN(c2ccc(Br)cc2)C1.I. The Balaban J connectivity index is 0.00000312. The van der Waals surface area contributed by atoms with Crippen molar-refractivity contribution in [1.29, 1.82) is 0 Å². The summed E-state index contributed by atoms with van der Waals surface area (Å²) in [5.41, 5.74) is 1.29. The van der Waals surface area contributed by atoms with Gasteiger partial charge in [0.2, 0.25) is 0 Å². The monoisotopic (exact) mass is 523 g/mol. The van der Waals surface area contributed by atoms with E-state index in [0.717, 1.165) is 56.0 Å². The number of guanidine groups is 1.